The zero-order chi connectivity index (χ0) is 26.0. The van der Waals surface area contributed by atoms with Gasteiger partial charge in [-0.3, -0.25) is 9.48 Å². The van der Waals surface area contributed by atoms with Gasteiger partial charge in [0.1, 0.15) is 6.54 Å². The molecule has 1 saturated heterocycles. The minimum Gasteiger partial charge on any atom is -0.449 e. The maximum atomic E-state index is 13.2. The van der Waals surface area contributed by atoms with Gasteiger partial charge in [-0.15, -0.1) is 0 Å². The van der Waals surface area contributed by atoms with Crippen LogP contribution in [0.5, 0.6) is 0 Å². The summed E-state index contributed by atoms with van der Waals surface area (Å²) in [6, 6.07) is 6.31. The lowest BCUT2D eigenvalue weighted by atomic mass is 10.1. The van der Waals surface area contributed by atoms with Gasteiger partial charge in [0.05, 0.1) is 29.0 Å². The zero-order valence-electron chi connectivity index (χ0n) is 19.8. The molecule has 0 aliphatic carbocycles. The first-order valence-corrected chi connectivity index (χ1v) is 11.9. The fourth-order valence-electron chi connectivity index (χ4n) is 4.10. The Labute approximate surface area is 210 Å². The Morgan fingerprint density at radius 1 is 1.22 bits per heavy atom. The summed E-state index contributed by atoms with van der Waals surface area (Å²) in [5, 5.41) is 4.71. The molecule has 0 radical (unpaired) electrons. The maximum Gasteiger partial charge on any atom is 0.410 e. The van der Waals surface area contributed by atoms with Gasteiger partial charge in [-0.1, -0.05) is 24.6 Å². The first-order valence-electron chi connectivity index (χ1n) is 11.5. The van der Waals surface area contributed by atoms with Crippen molar-refractivity contribution in [2.24, 2.45) is 0 Å². The molecule has 0 spiro atoms. The number of aromatic nitrogens is 3. The lowest BCUT2D eigenvalue weighted by molar-refractivity contribution is -0.142. The number of hydrogen-bond donors (Lipinski definition) is 0. The van der Waals surface area contributed by atoms with Crippen LogP contribution in [-0.4, -0.2) is 75.0 Å². The molecule has 0 unspecified atom stereocenters. The topological polar surface area (TPSA) is 80.6 Å². The standard InChI is InChI=1S/C24H25ClF3N5O3/c1-3-8-36-23(35)33-7-6-31(12-15(33)2)22(34)16-4-5-18-19(25)10-20(30-21(18)9-16)17-11-29-32(13-17)14-24(26,27)28/h4-5,9-11,13,15H,3,6-8,12,14H2,1-2H3/t15-/m1/s1. The minimum absolute atomic E-state index is 0.208. The Balaban J connectivity index is 1.54. The Hall–Kier alpha value is -3.34. The largest absolute Gasteiger partial charge is 0.449 e. The molecule has 36 heavy (non-hydrogen) atoms. The lowest BCUT2D eigenvalue weighted by Crippen LogP contribution is -2.55. The molecular formula is C24H25ClF3N5O3. The predicted molar refractivity (Wildman–Crippen MR) is 128 cm³/mol. The Kier molecular flexibility index (Phi) is 7.39. The van der Waals surface area contributed by atoms with Gasteiger partial charge in [-0.25, -0.2) is 9.78 Å². The summed E-state index contributed by atoms with van der Waals surface area (Å²) in [6.07, 6.45) is -1.51. The molecular weight excluding hydrogens is 499 g/mol. The van der Waals surface area contributed by atoms with Gasteiger partial charge < -0.3 is 14.5 Å². The molecule has 1 aliphatic heterocycles. The molecule has 4 rings (SSSR count). The summed E-state index contributed by atoms with van der Waals surface area (Å²) >= 11 is 6.42. The number of alkyl halides is 3. The number of pyridine rings is 1. The number of hydrogen-bond acceptors (Lipinski definition) is 5. The number of nitrogens with zero attached hydrogens (tertiary/aromatic N) is 5. The third-order valence-corrected chi connectivity index (χ3v) is 6.17. The molecule has 0 saturated carbocycles. The normalized spacial score (nSPS) is 16.4. The first-order chi connectivity index (χ1) is 17.1. The summed E-state index contributed by atoms with van der Waals surface area (Å²) in [6.45, 7) is 3.98. The van der Waals surface area contributed by atoms with Crippen LogP contribution in [0.4, 0.5) is 18.0 Å². The Bertz CT molecular complexity index is 1280. The van der Waals surface area contributed by atoms with E-state index in [9.17, 15) is 22.8 Å². The molecule has 3 heterocycles. The average Bonchev–Trinajstić information content (AvgIpc) is 3.28. The van der Waals surface area contributed by atoms with E-state index < -0.39 is 12.7 Å². The van der Waals surface area contributed by atoms with Crippen molar-refractivity contribution in [2.75, 3.05) is 26.2 Å². The summed E-state index contributed by atoms with van der Waals surface area (Å²) in [7, 11) is 0. The van der Waals surface area contributed by atoms with E-state index in [0.717, 1.165) is 11.1 Å². The number of rotatable bonds is 5. The summed E-state index contributed by atoms with van der Waals surface area (Å²) in [5.41, 5.74) is 1.55. The molecule has 1 aromatic carbocycles. The second kappa shape index (κ2) is 10.3. The van der Waals surface area contributed by atoms with Crippen LogP contribution >= 0.6 is 11.6 Å². The second-order valence-electron chi connectivity index (χ2n) is 8.67. The number of piperazine rings is 1. The number of amides is 2. The van der Waals surface area contributed by atoms with Crippen LogP contribution in [0, 0.1) is 0 Å². The number of benzene rings is 1. The van der Waals surface area contributed by atoms with Crippen LogP contribution in [0.25, 0.3) is 22.2 Å². The van der Waals surface area contributed by atoms with Gasteiger partial charge in [-0.05, 0) is 31.5 Å². The third kappa shape index (κ3) is 5.72. The van der Waals surface area contributed by atoms with Crippen molar-refractivity contribution < 1.29 is 27.5 Å². The molecule has 2 aromatic heterocycles. The summed E-state index contributed by atoms with van der Waals surface area (Å²) in [4.78, 5) is 33.3. The predicted octanol–water partition coefficient (Wildman–Crippen LogP) is 5.01. The van der Waals surface area contributed by atoms with Crippen LogP contribution in [0.15, 0.2) is 36.7 Å². The SMILES string of the molecule is CCCOC(=O)N1CCN(C(=O)c2ccc3c(Cl)cc(-c4cnn(CC(F)(F)F)c4)nc3c2)C[C@H]1C. The summed E-state index contributed by atoms with van der Waals surface area (Å²) in [5.74, 6) is -0.216. The van der Waals surface area contributed by atoms with E-state index in [0.29, 0.717) is 59.0 Å². The number of fused-ring (bicyclic) bond motifs is 1. The molecule has 0 N–H and O–H groups in total. The highest BCUT2D eigenvalue weighted by molar-refractivity contribution is 6.35. The van der Waals surface area contributed by atoms with E-state index in [4.69, 9.17) is 16.3 Å². The molecule has 1 fully saturated rings. The maximum absolute atomic E-state index is 13.2. The van der Waals surface area contributed by atoms with E-state index in [1.807, 2.05) is 13.8 Å². The minimum atomic E-state index is -4.40. The third-order valence-electron chi connectivity index (χ3n) is 5.86. The fraction of sp³-hybridized carbons (Fsp3) is 0.417. The second-order valence-corrected chi connectivity index (χ2v) is 9.08. The van der Waals surface area contributed by atoms with Crippen molar-refractivity contribution in [3.63, 3.8) is 0 Å². The van der Waals surface area contributed by atoms with Crippen molar-refractivity contribution >= 4 is 34.5 Å². The highest BCUT2D eigenvalue weighted by atomic mass is 35.5. The molecule has 192 valence electrons. The molecule has 1 aliphatic rings. The van der Waals surface area contributed by atoms with Crippen LogP contribution in [0.3, 0.4) is 0 Å². The van der Waals surface area contributed by atoms with Crippen LogP contribution < -0.4 is 0 Å². The van der Waals surface area contributed by atoms with E-state index >= 15 is 0 Å². The van der Waals surface area contributed by atoms with Gasteiger partial charge in [-0.2, -0.15) is 18.3 Å². The molecule has 12 heteroatoms. The van der Waals surface area contributed by atoms with Gasteiger partial charge in [0, 0.05) is 48.4 Å². The van der Waals surface area contributed by atoms with E-state index in [1.165, 1.54) is 12.4 Å². The van der Waals surface area contributed by atoms with Gasteiger partial charge >= 0.3 is 12.3 Å². The number of carbonyl (C=O) groups excluding carboxylic acids is 2. The van der Waals surface area contributed by atoms with Gasteiger partial charge in [0.25, 0.3) is 5.91 Å². The molecule has 0 bridgehead atoms. The van der Waals surface area contributed by atoms with E-state index in [2.05, 4.69) is 10.1 Å². The quantitative estimate of drug-likeness (QED) is 0.470. The van der Waals surface area contributed by atoms with Crippen molar-refractivity contribution in [1.29, 1.82) is 0 Å². The van der Waals surface area contributed by atoms with Crippen molar-refractivity contribution in [3.05, 3.63) is 47.2 Å². The monoisotopic (exact) mass is 523 g/mol. The van der Waals surface area contributed by atoms with Crippen LogP contribution in [0.1, 0.15) is 30.6 Å². The molecule has 3 aromatic rings. The Morgan fingerprint density at radius 3 is 2.69 bits per heavy atom. The van der Waals surface area contributed by atoms with Crippen LogP contribution in [0.2, 0.25) is 5.02 Å². The van der Waals surface area contributed by atoms with Gasteiger partial charge in [0.2, 0.25) is 0 Å². The molecule has 2 amide bonds. The van der Waals surface area contributed by atoms with Crippen molar-refractivity contribution in [2.45, 2.75) is 39.0 Å². The molecule has 1 atom stereocenters. The number of carbonyl (C=O) groups is 2. The van der Waals surface area contributed by atoms with Crippen molar-refractivity contribution in [3.8, 4) is 11.3 Å². The molecule has 8 nitrogen and oxygen atoms in total. The number of halogens is 4. The fourth-order valence-corrected chi connectivity index (χ4v) is 4.36. The average molecular weight is 524 g/mol. The van der Waals surface area contributed by atoms with Crippen LogP contribution in [-0.2, 0) is 11.3 Å². The zero-order valence-corrected chi connectivity index (χ0v) is 20.5. The Morgan fingerprint density at radius 2 is 2.00 bits per heavy atom. The first kappa shape index (κ1) is 25.7. The van der Waals surface area contributed by atoms with E-state index in [1.54, 1.807) is 34.1 Å². The van der Waals surface area contributed by atoms with Gasteiger partial charge in [0.15, 0.2) is 0 Å². The highest BCUT2D eigenvalue weighted by Gasteiger charge is 2.31. The number of ether oxygens (including phenoxy) is 1. The van der Waals surface area contributed by atoms with Crippen molar-refractivity contribution in [1.82, 2.24) is 24.6 Å². The summed E-state index contributed by atoms with van der Waals surface area (Å²) < 4.78 is 44.0. The smallest absolute Gasteiger partial charge is 0.410 e. The highest BCUT2D eigenvalue weighted by Crippen LogP contribution is 2.29. The van der Waals surface area contributed by atoms with E-state index in [-0.39, 0.29) is 18.0 Å². The lowest BCUT2D eigenvalue weighted by Gasteiger charge is -2.39.